The number of amides is 1. The summed E-state index contributed by atoms with van der Waals surface area (Å²) < 4.78 is 21.3. The Morgan fingerprint density at radius 3 is 2.42 bits per heavy atom. The van der Waals surface area contributed by atoms with E-state index in [1.165, 1.54) is 33.1 Å². The second-order valence-electron chi connectivity index (χ2n) is 7.47. The average Bonchev–Trinajstić information content (AvgIpc) is 2.74. The molecule has 0 bridgehead atoms. The van der Waals surface area contributed by atoms with Gasteiger partial charge in [-0.3, -0.25) is 14.4 Å². The van der Waals surface area contributed by atoms with E-state index in [9.17, 15) is 14.4 Å². The second-order valence-corrected chi connectivity index (χ2v) is 7.47. The molecule has 1 fully saturated rings. The van der Waals surface area contributed by atoms with Crippen molar-refractivity contribution < 1.29 is 33.3 Å². The fraction of sp³-hybridized carbons (Fsp3) is 0.435. The van der Waals surface area contributed by atoms with Gasteiger partial charge >= 0.3 is 5.97 Å². The van der Waals surface area contributed by atoms with Crippen molar-refractivity contribution in [2.75, 3.05) is 27.9 Å². The van der Waals surface area contributed by atoms with Crippen molar-refractivity contribution in [2.24, 2.45) is 0 Å². The van der Waals surface area contributed by atoms with Crippen molar-refractivity contribution in [3.05, 3.63) is 47.1 Å². The number of methoxy groups -OCH3 is 3. The number of ketones is 1. The van der Waals surface area contributed by atoms with Gasteiger partial charge in [-0.2, -0.15) is 0 Å². The largest absolute Gasteiger partial charge is 0.493 e. The highest BCUT2D eigenvalue weighted by Crippen LogP contribution is 2.38. The summed E-state index contributed by atoms with van der Waals surface area (Å²) >= 11 is 0. The average molecular weight is 429 g/mol. The highest BCUT2D eigenvalue weighted by atomic mass is 16.7. The molecule has 1 aromatic rings. The number of carbonyl (C=O) groups excluding carboxylic acids is 3. The first-order chi connectivity index (χ1) is 14.7. The quantitative estimate of drug-likeness (QED) is 0.506. The van der Waals surface area contributed by atoms with Crippen molar-refractivity contribution in [1.29, 1.82) is 0 Å². The Morgan fingerprint density at radius 1 is 1.13 bits per heavy atom. The lowest BCUT2D eigenvalue weighted by Crippen LogP contribution is -2.51. The molecule has 1 amide bonds. The fourth-order valence-electron chi connectivity index (χ4n) is 4.12. The van der Waals surface area contributed by atoms with Crippen LogP contribution in [0.2, 0.25) is 0 Å². The van der Waals surface area contributed by atoms with Gasteiger partial charge in [0.05, 0.1) is 20.3 Å². The highest BCUT2D eigenvalue weighted by Gasteiger charge is 2.45. The topological polar surface area (TPSA) is 91.4 Å². The van der Waals surface area contributed by atoms with Gasteiger partial charge in [0.1, 0.15) is 0 Å². The number of nitrogens with zero attached hydrogens (tertiary/aromatic N) is 1. The van der Waals surface area contributed by atoms with Gasteiger partial charge in [-0.05, 0) is 47.8 Å². The zero-order chi connectivity index (χ0) is 22.8. The lowest BCUT2D eigenvalue weighted by Gasteiger charge is -2.42. The third kappa shape index (κ3) is 4.34. The maximum atomic E-state index is 12.7. The number of carbonyl (C=O) groups is 3. The summed E-state index contributed by atoms with van der Waals surface area (Å²) in [5.41, 5.74) is 2.47. The van der Waals surface area contributed by atoms with Gasteiger partial charge in [-0.25, -0.2) is 0 Å². The van der Waals surface area contributed by atoms with E-state index in [-0.39, 0.29) is 11.9 Å². The van der Waals surface area contributed by atoms with Crippen LogP contribution in [0.15, 0.2) is 41.5 Å². The molecule has 1 heterocycles. The zero-order valence-electron chi connectivity index (χ0n) is 18.4. The number of ether oxygens (including phenoxy) is 4. The van der Waals surface area contributed by atoms with Crippen LogP contribution in [0.1, 0.15) is 25.8 Å². The van der Waals surface area contributed by atoms with Crippen molar-refractivity contribution in [1.82, 2.24) is 4.90 Å². The molecule has 2 aliphatic rings. The minimum absolute atomic E-state index is 0.0853. The molecule has 0 saturated carbocycles. The number of rotatable bonds is 6. The van der Waals surface area contributed by atoms with Crippen LogP contribution in [0.25, 0.3) is 0 Å². The van der Waals surface area contributed by atoms with E-state index in [1.807, 2.05) is 18.2 Å². The summed E-state index contributed by atoms with van der Waals surface area (Å²) in [4.78, 5) is 38.6. The normalized spacial score (nSPS) is 22.8. The van der Waals surface area contributed by atoms with Crippen LogP contribution in [0, 0.1) is 0 Å². The minimum Gasteiger partial charge on any atom is -0.493 e. The molecule has 166 valence electrons. The second kappa shape index (κ2) is 8.93. The lowest BCUT2D eigenvalue weighted by atomic mass is 9.81. The maximum absolute atomic E-state index is 12.7. The van der Waals surface area contributed by atoms with E-state index < -0.39 is 17.5 Å². The molecule has 0 spiro atoms. The van der Waals surface area contributed by atoms with Gasteiger partial charge in [0.2, 0.25) is 11.7 Å². The summed E-state index contributed by atoms with van der Waals surface area (Å²) in [5, 5.41) is 0. The van der Waals surface area contributed by atoms with E-state index >= 15 is 0 Å². The molecule has 0 aromatic heterocycles. The number of hydrogen-bond donors (Lipinski definition) is 0. The van der Waals surface area contributed by atoms with Gasteiger partial charge in [0.25, 0.3) is 5.79 Å². The zero-order valence-corrected chi connectivity index (χ0v) is 18.4. The molecule has 0 N–H and O–H groups in total. The van der Waals surface area contributed by atoms with Gasteiger partial charge in [-0.15, -0.1) is 0 Å². The number of hydrogen-bond acceptors (Lipinski definition) is 7. The Bertz CT molecular complexity index is 965. The molecule has 31 heavy (non-hydrogen) atoms. The molecule has 1 aliphatic heterocycles. The monoisotopic (exact) mass is 429 g/mol. The van der Waals surface area contributed by atoms with Crippen LogP contribution in [-0.2, 0) is 30.3 Å². The number of fused-ring (bicyclic) bond motifs is 1. The highest BCUT2D eigenvalue weighted by molar-refractivity contribution is 6.01. The van der Waals surface area contributed by atoms with E-state index in [1.54, 1.807) is 19.1 Å². The van der Waals surface area contributed by atoms with Gasteiger partial charge in [0, 0.05) is 33.6 Å². The Balaban J connectivity index is 2.06. The molecular formula is C23H27NO7. The number of likely N-dealkylation sites (tertiary alicyclic amines) is 1. The predicted molar refractivity (Wildman–Crippen MR) is 112 cm³/mol. The Morgan fingerprint density at radius 2 is 1.84 bits per heavy atom. The van der Waals surface area contributed by atoms with Crippen molar-refractivity contribution in [3.8, 4) is 11.5 Å². The molecule has 3 rings (SSSR count). The first kappa shape index (κ1) is 22.6. The van der Waals surface area contributed by atoms with Gasteiger partial charge in [-0.1, -0.05) is 6.07 Å². The van der Waals surface area contributed by atoms with Crippen molar-refractivity contribution in [2.45, 2.75) is 38.5 Å². The standard InChI is InChI=1S/C23H27NO7/c1-14(25)24-9-8-17-12-22(27)23(30-5,31-15(2)26)13-18(17)19(24)10-16-6-7-20(28-3)21(11-16)29-4/h6-7,11-13,19H,8-10H2,1-5H3. The Kier molecular flexibility index (Phi) is 6.50. The first-order valence-corrected chi connectivity index (χ1v) is 9.95. The number of piperidine rings is 1. The smallest absolute Gasteiger partial charge is 0.305 e. The molecule has 8 nitrogen and oxygen atoms in total. The third-order valence-electron chi connectivity index (χ3n) is 5.60. The maximum Gasteiger partial charge on any atom is 0.305 e. The fourth-order valence-corrected chi connectivity index (χ4v) is 4.12. The molecular weight excluding hydrogens is 402 g/mol. The van der Waals surface area contributed by atoms with E-state index in [0.29, 0.717) is 30.9 Å². The molecule has 0 radical (unpaired) electrons. The summed E-state index contributed by atoms with van der Waals surface area (Å²) in [5.74, 6) is -1.82. The molecule has 1 aromatic carbocycles. The third-order valence-corrected chi connectivity index (χ3v) is 5.60. The SMILES string of the molecule is COc1ccc(CC2C3=CC(OC)(OC(C)=O)C(=O)C=C3CCN2C(C)=O)cc1OC. The molecule has 2 unspecified atom stereocenters. The van der Waals surface area contributed by atoms with Crippen LogP contribution in [0.5, 0.6) is 11.5 Å². The van der Waals surface area contributed by atoms with Crippen LogP contribution < -0.4 is 9.47 Å². The number of benzene rings is 1. The summed E-state index contributed by atoms with van der Waals surface area (Å²) in [6, 6.07) is 5.21. The lowest BCUT2D eigenvalue weighted by molar-refractivity contribution is -0.199. The van der Waals surface area contributed by atoms with E-state index in [4.69, 9.17) is 18.9 Å². The van der Waals surface area contributed by atoms with Crippen molar-refractivity contribution >= 4 is 17.7 Å². The molecule has 1 saturated heterocycles. The molecule has 1 aliphatic carbocycles. The first-order valence-electron chi connectivity index (χ1n) is 9.95. The van der Waals surface area contributed by atoms with Gasteiger partial charge in [0.15, 0.2) is 11.5 Å². The van der Waals surface area contributed by atoms with Crippen molar-refractivity contribution in [3.63, 3.8) is 0 Å². The predicted octanol–water partition coefficient (Wildman–Crippen LogP) is 2.21. The minimum atomic E-state index is -1.83. The van der Waals surface area contributed by atoms with E-state index in [0.717, 1.165) is 16.7 Å². The van der Waals surface area contributed by atoms with Gasteiger partial charge < -0.3 is 23.8 Å². The van der Waals surface area contributed by atoms with Crippen LogP contribution in [0.3, 0.4) is 0 Å². The van der Waals surface area contributed by atoms with Crippen LogP contribution >= 0.6 is 0 Å². The Labute approximate surface area is 181 Å². The summed E-state index contributed by atoms with van der Waals surface area (Å²) in [7, 11) is 4.44. The number of esters is 1. The molecule has 2 atom stereocenters. The van der Waals surface area contributed by atoms with E-state index in [2.05, 4.69) is 0 Å². The van der Waals surface area contributed by atoms with Crippen LogP contribution in [0.4, 0.5) is 0 Å². The van der Waals surface area contributed by atoms with Crippen LogP contribution in [-0.4, -0.2) is 62.3 Å². The Hall–Kier alpha value is -3.13. The summed E-state index contributed by atoms with van der Waals surface area (Å²) in [6.45, 7) is 3.22. The molecule has 8 heteroatoms. The summed E-state index contributed by atoms with van der Waals surface area (Å²) in [6.07, 6.45) is 3.99.